The van der Waals surface area contributed by atoms with Gasteiger partial charge in [0.2, 0.25) is 0 Å². The number of alkyl halides is 3. The molecule has 0 heterocycles. The van der Waals surface area contributed by atoms with Crippen LogP contribution in [-0.4, -0.2) is 20.3 Å². The van der Waals surface area contributed by atoms with E-state index in [1.54, 1.807) is 0 Å². The Bertz CT molecular complexity index is 191. The molecule has 0 aliphatic carbocycles. The van der Waals surface area contributed by atoms with Crippen LogP contribution in [0.5, 0.6) is 0 Å². The summed E-state index contributed by atoms with van der Waals surface area (Å²) in [5.41, 5.74) is 0. The van der Waals surface area contributed by atoms with Crippen molar-refractivity contribution in [2.75, 3.05) is 5.75 Å². The van der Waals surface area contributed by atoms with Gasteiger partial charge in [-0.1, -0.05) is 0 Å². The van der Waals surface area contributed by atoms with Crippen LogP contribution in [0.2, 0.25) is 0 Å². The molecule has 0 N–H and O–H groups in total. The van der Waals surface area contributed by atoms with Crippen LogP contribution >= 0.6 is 0 Å². The van der Waals surface area contributed by atoms with E-state index in [0.717, 1.165) is 6.92 Å². The van der Waals surface area contributed by atoms with Crippen molar-refractivity contribution in [3.05, 3.63) is 5.75 Å². The quantitative estimate of drug-likeness (QED) is 0.630. The zero-order chi connectivity index (χ0) is 8.41. The maximum absolute atomic E-state index is 11.3. The monoisotopic (exact) mass is 175 g/mol. The van der Waals surface area contributed by atoms with Gasteiger partial charge >= 0.3 is 6.18 Å². The van der Waals surface area contributed by atoms with E-state index in [-0.39, 0.29) is 0 Å². The van der Waals surface area contributed by atoms with Crippen molar-refractivity contribution in [3.8, 4) is 0 Å². The molecule has 61 valence electrons. The van der Waals surface area contributed by atoms with E-state index in [4.69, 9.17) is 0 Å². The summed E-state index contributed by atoms with van der Waals surface area (Å²) in [4.78, 5) is 0. The van der Waals surface area contributed by atoms with E-state index in [0.29, 0.717) is 5.75 Å². The van der Waals surface area contributed by atoms with Gasteiger partial charge in [-0.15, -0.1) is 0 Å². The predicted octanol–water partition coefficient (Wildman–Crippen LogP) is 1.15. The van der Waals surface area contributed by atoms with Crippen molar-refractivity contribution in [1.29, 1.82) is 0 Å². The third-order valence-corrected chi connectivity index (χ3v) is 2.17. The second-order valence-corrected chi connectivity index (χ2v) is 3.74. The fourth-order valence-corrected chi connectivity index (χ4v) is 0.934. The molecule has 0 aliphatic rings. The lowest BCUT2D eigenvalue weighted by Crippen LogP contribution is -2.22. The van der Waals surface area contributed by atoms with E-state index in [9.17, 15) is 21.6 Å². The molecule has 0 aromatic carbocycles. The Morgan fingerprint density at radius 2 is 1.80 bits per heavy atom. The van der Waals surface area contributed by atoms with E-state index in [1.165, 1.54) is 0 Å². The SMILES string of the molecule is C[CH]S(=O)(=O)CC(F)(F)F. The molecule has 0 spiro atoms. The van der Waals surface area contributed by atoms with Crippen LogP contribution < -0.4 is 0 Å². The molecule has 0 rings (SSSR count). The van der Waals surface area contributed by atoms with Gasteiger partial charge in [-0.3, -0.25) is 0 Å². The minimum Gasteiger partial charge on any atom is -0.228 e. The van der Waals surface area contributed by atoms with Gasteiger partial charge in [0.15, 0.2) is 9.84 Å². The smallest absolute Gasteiger partial charge is 0.228 e. The lowest BCUT2D eigenvalue weighted by atomic mass is 10.8. The van der Waals surface area contributed by atoms with Crippen LogP contribution in [0, 0.1) is 5.75 Å². The fraction of sp³-hybridized carbons (Fsp3) is 0.750. The average molecular weight is 175 g/mol. The minimum absolute atomic E-state index is 0.542. The summed E-state index contributed by atoms with van der Waals surface area (Å²) in [6, 6.07) is 0. The lowest BCUT2D eigenvalue weighted by molar-refractivity contribution is -0.106. The molecule has 10 heavy (non-hydrogen) atoms. The molecular weight excluding hydrogens is 169 g/mol. The largest absolute Gasteiger partial charge is 0.402 e. The summed E-state index contributed by atoms with van der Waals surface area (Å²) < 4.78 is 54.5. The molecule has 0 amide bonds. The Hall–Kier alpha value is -0.260. The summed E-state index contributed by atoms with van der Waals surface area (Å²) in [5.74, 6) is -1.23. The van der Waals surface area contributed by atoms with Gasteiger partial charge in [0.05, 0.1) is 5.75 Å². The standard InChI is InChI=1S/C4H6F3O2S/c1-2-10(8,9)3-4(5,6)7/h2H,3H2,1H3. The first-order valence-corrected chi connectivity index (χ1v) is 4.07. The molecule has 1 radical (unpaired) electrons. The maximum Gasteiger partial charge on any atom is 0.402 e. The van der Waals surface area contributed by atoms with Gasteiger partial charge < -0.3 is 0 Å². The molecule has 0 aromatic heterocycles. The van der Waals surface area contributed by atoms with E-state index in [2.05, 4.69) is 0 Å². The third kappa shape index (κ3) is 4.60. The second-order valence-electron chi connectivity index (χ2n) is 1.66. The Labute approximate surface area is 57.0 Å². The minimum atomic E-state index is -4.63. The molecule has 6 heteroatoms. The van der Waals surface area contributed by atoms with Gasteiger partial charge in [0, 0.05) is 0 Å². The molecule has 2 nitrogen and oxygen atoms in total. The lowest BCUT2D eigenvalue weighted by Gasteiger charge is -2.03. The number of sulfone groups is 1. The summed E-state index contributed by atoms with van der Waals surface area (Å²) in [5, 5.41) is 0. The van der Waals surface area contributed by atoms with Gasteiger partial charge in [0.1, 0.15) is 5.75 Å². The molecular formula is C4H6F3O2S. The molecule has 0 saturated heterocycles. The van der Waals surface area contributed by atoms with E-state index < -0.39 is 21.8 Å². The zero-order valence-electron chi connectivity index (χ0n) is 5.14. The number of hydrogen-bond donors (Lipinski definition) is 0. The van der Waals surface area contributed by atoms with Gasteiger partial charge in [-0.25, -0.2) is 8.42 Å². The van der Waals surface area contributed by atoms with Crippen LogP contribution in [-0.2, 0) is 9.84 Å². The molecule has 0 aliphatic heterocycles. The van der Waals surface area contributed by atoms with Crippen LogP contribution in [0.15, 0.2) is 0 Å². The first-order valence-electron chi connectivity index (χ1n) is 2.36. The fourth-order valence-electron chi connectivity index (χ4n) is 0.311. The Kier molecular flexibility index (Phi) is 2.70. The van der Waals surface area contributed by atoms with Gasteiger partial charge in [-0.2, -0.15) is 13.2 Å². The summed E-state index contributed by atoms with van der Waals surface area (Å²) in [6.45, 7) is 1.06. The average Bonchev–Trinajstić information content (AvgIpc) is 1.60. The molecule has 0 saturated carbocycles. The first-order chi connectivity index (χ1) is 4.27. The Balaban J connectivity index is 4.18. The molecule has 0 bridgehead atoms. The second kappa shape index (κ2) is 2.77. The highest BCUT2D eigenvalue weighted by atomic mass is 32.2. The molecule has 0 atom stereocenters. The van der Waals surface area contributed by atoms with Crippen molar-refractivity contribution < 1.29 is 21.6 Å². The van der Waals surface area contributed by atoms with E-state index in [1.807, 2.05) is 0 Å². The number of hydrogen-bond acceptors (Lipinski definition) is 2. The van der Waals surface area contributed by atoms with E-state index >= 15 is 0 Å². The first kappa shape index (κ1) is 9.74. The number of rotatable bonds is 2. The number of halogens is 3. The highest BCUT2D eigenvalue weighted by molar-refractivity contribution is 7.93. The Morgan fingerprint density at radius 1 is 1.40 bits per heavy atom. The van der Waals surface area contributed by atoms with Gasteiger partial charge in [-0.05, 0) is 6.92 Å². The van der Waals surface area contributed by atoms with Crippen molar-refractivity contribution >= 4 is 9.84 Å². The molecule has 0 unspecified atom stereocenters. The summed E-state index contributed by atoms with van der Waals surface area (Å²) >= 11 is 0. The van der Waals surface area contributed by atoms with Crippen molar-refractivity contribution in [3.63, 3.8) is 0 Å². The topological polar surface area (TPSA) is 34.1 Å². The van der Waals surface area contributed by atoms with Crippen LogP contribution in [0.4, 0.5) is 13.2 Å². The van der Waals surface area contributed by atoms with Crippen LogP contribution in [0.1, 0.15) is 6.92 Å². The van der Waals surface area contributed by atoms with Crippen molar-refractivity contribution in [2.45, 2.75) is 13.1 Å². The summed E-state index contributed by atoms with van der Waals surface area (Å²) in [7, 11) is -4.03. The van der Waals surface area contributed by atoms with Crippen LogP contribution in [0.25, 0.3) is 0 Å². The van der Waals surface area contributed by atoms with Gasteiger partial charge in [0.25, 0.3) is 0 Å². The highest BCUT2D eigenvalue weighted by Crippen LogP contribution is 2.18. The maximum atomic E-state index is 11.3. The highest BCUT2D eigenvalue weighted by Gasteiger charge is 2.33. The molecule has 0 fully saturated rings. The molecule has 0 aromatic rings. The van der Waals surface area contributed by atoms with Crippen molar-refractivity contribution in [2.24, 2.45) is 0 Å². The normalized spacial score (nSPS) is 13.6. The third-order valence-electron chi connectivity index (χ3n) is 0.724. The zero-order valence-corrected chi connectivity index (χ0v) is 5.96. The van der Waals surface area contributed by atoms with Crippen LogP contribution in [0.3, 0.4) is 0 Å². The Morgan fingerprint density at radius 3 is 1.90 bits per heavy atom. The summed E-state index contributed by atoms with van der Waals surface area (Å²) in [6.07, 6.45) is -4.63. The van der Waals surface area contributed by atoms with Crippen molar-refractivity contribution in [1.82, 2.24) is 0 Å². The predicted molar refractivity (Wildman–Crippen MR) is 29.8 cm³/mol.